The molecule has 0 atom stereocenters. The van der Waals surface area contributed by atoms with Gasteiger partial charge in [0.2, 0.25) is 0 Å². The molecule has 2 heterocycles. The molecule has 0 aliphatic carbocycles. The molecule has 0 saturated heterocycles. The zero-order valence-electron chi connectivity index (χ0n) is 10.9. The van der Waals surface area contributed by atoms with Gasteiger partial charge in [-0.3, -0.25) is 4.79 Å². The third kappa shape index (κ3) is 2.12. The van der Waals surface area contributed by atoms with Gasteiger partial charge in [-0.1, -0.05) is 20.8 Å². The fourth-order valence-electron chi connectivity index (χ4n) is 1.62. The second-order valence-corrected chi connectivity index (χ2v) is 5.86. The third-order valence-electron chi connectivity index (χ3n) is 2.77. The molecule has 4 heteroatoms. The monoisotopic (exact) mass is 234 g/mol. The molecule has 1 amide bonds. The van der Waals surface area contributed by atoms with Crippen LogP contribution in [0.1, 0.15) is 40.3 Å². The van der Waals surface area contributed by atoms with Crippen molar-refractivity contribution in [3.05, 3.63) is 17.8 Å². The predicted octanol–water partition coefficient (Wildman–Crippen LogP) is 2.49. The molecule has 0 unspecified atom stereocenters. The van der Waals surface area contributed by atoms with Gasteiger partial charge in [-0.05, 0) is 26.0 Å². The first-order chi connectivity index (χ1) is 7.70. The minimum Gasteiger partial charge on any atom is -0.474 e. The van der Waals surface area contributed by atoms with Crippen LogP contribution in [0.2, 0.25) is 0 Å². The van der Waals surface area contributed by atoms with Crippen LogP contribution in [0.3, 0.4) is 0 Å². The van der Waals surface area contributed by atoms with Gasteiger partial charge in [0.25, 0.3) is 5.91 Å². The van der Waals surface area contributed by atoms with Gasteiger partial charge in [-0.15, -0.1) is 0 Å². The number of rotatable bonds is 0. The minimum absolute atomic E-state index is 0.0489. The van der Waals surface area contributed by atoms with Crippen molar-refractivity contribution in [1.29, 1.82) is 0 Å². The van der Waals surface area contributed by atoms with Crippen molar-refractivity contribution in [2.24, 2.45) is 0 Å². The normalized spacial score (nSPS) is 18.1. The highest BCUT2D eigenvalue weighted by Gasteiger charge is 2.36. The largest absolute Gasteiger partial charge is 0.474 e. The van der Waals surface area contributed by atoms with E-state index < -0.39 is 5.60 Å². The highest BCUT2D eigenvalue weighted by molar-refractivity contribution is 5.99. The number of carbonyl (C=O) groups excluding carboxylic acids is 1. The Hall–Kier alpha value is -1.58. The van der Waals surface area contributed by atoms with Crippen molar-refractivity contribution in [1.82, 2.24) is 4.98 Å². The van der Waals surface area contributed by atoms with Crippen molar-refractivity contribution in [3.8, 4) is 5.75 Å². The third-order valence-corrected chi connectivity index (χ3v) is 2.77. The standard InChI is InChI=1S/C13H18N2O2/c1-12(2,3)9-7-6-8-10(14-9)15-11(16)13(4,5)17-8/h6-7H,1-5H3,(H,14,15,16). The van der Waals surface area contributed by atoms with E-state index in [1.165, 1.54) is 0 Å². The molecular weight excluding hydrogens is 216 g/mol. The van der Waals surface area contributed by atoms with E-state index in [1.807, 2.05) is 12.1 Å². The summed E-state index contributed by atoms with van der Waals surface area (Å²) in [6.45, 7) is 9.72. The Morgan fingerprint density at radius 1 is 1.29 bits per heavy atom. The molecular formula is C13H18N2O2. The van der Waals surface area contributed by atoms with Crippen LogP contribution in [0, 0.1) is 0 Å². The molecule has 0 spiro atoms. The van der Waals surface area contributed by atoms with Gasteiger partial charge in [0, 0.05) is 11.1 Å². The van der Waals surface area contributed by atoms with Gasteiger partial charge >= 0.3 is 0 Å². The van der Waals surface area contributed by atoms with E-state index in [0.29, 0.717) is 11.6 Å². The number of ether oxygens (including phenoxy) is 1. The Labute approximate surface area is 101 Å². The summed E-state index contributed by atoms with van der Waals surface area (Å²) in [5.41, 5.74) is 0.0461. The number of nitrogens with one attached hydrogen (secondary N) is 1. The number of amides is 1. The number of pyridine rings is 1. The molecule has 0 aromatic carbocycles. The maximum Gasteiger partial charge on any atom is 0.269 e. The van der Waals surface area contributed by atoms with Gasteiger partial charge < -0.3 is 10.1 Å². The van der Waals surface area contributed by atoms with Crippen LogP contribution >= 0.6 is 0 Å². The number of hydrogen-bond acceptors (Lipinski definition) is 3. The molecule has 92 valence electrons. The van der Waals surface area contributed by atoms with Crippen LogP contribution < -0.4 is 10.1 Å². The molecule has 1 aliphatic rings. The molecule has 1 aromatic rings. The van der Waals surface area contributed by atoms with Crippen molar-refractivity contribution < 1.29 is 9.53 Å². The van der Waals surface area contributed by atoms with Crippen molar-refractivity contribution >= 4 is 11.7 Å². The van der Waals surface area contributed by atoms with E-state index in [-0.39, 0.29) is 11.3 Å². The van der Waals surface area contributed by atoms with Gasteiger partial charge in [-0.2, -0.15) is 0 Å². The average Bonchev–Trinajstić information content (AvgIpc) is 2.17. The molecule has 0 bridgehead atoms. The molecule has 2 rings (SSSR count). The maximum atomic E-state index is 11.8. The molecule has 4 nitrogen and oxygen atoms in total. The number of fused-ring (bicyclic) bond motifs is 1. The average molecular weight is 234 g/mol. The first kappa shape index (κ1) is 11.9. The number of hydrogen-bond donors (Lipinski definition) is 1. The first-order valence-corrected chi connectivity index (χ1v) is 5.72. The SMILES string of the molecule is CC1(C)Oc2ccc(C(C)(C)C)nc2NC1=O. The molecule has 1 aliphatic heterocycles. The lowest BCUT2D eigenvalue weighted by atomic mass is 9.91. The lowest BCUT2D eigenvalue weighted by Crippen LogP contribution is -2.46. The minimum atomic E-state index is -0.835. The summed E-state index contributed by atoms with van der Waals surface area (Å²) in [6.07, 6.45) is 0. The fourth-order valence-corrected chi connectivity index (χ4v) is 1.62. The summed E-state index contributed by atoms with van der Waals surface area (Å²) in [4.78, 5) is 16.2. The summed E-state index contributed by atoms with van der Waals surface area (Å²) in [6, 6.07) is 3.80. The van der Waals surface area contributed by atoms with Gasteiger partial charge in [0.1, 0.15) is 0 Å². The molecule has 1 aromatic heterocycles. The number of nitrogens with zero attached hydrogens (tertiary/aromatic N) is 1. The van der Waals surface area contributed by atoms with Crippen molar-refractivity contribution in [3.63, 3.8) is 0 Å². The van der Waals surface area contributed by atoms with E-state index in [4.69, 9.17) is 4.74 Å². The van der Waals surface area contributed by atoms with Gasteiger partial charge in [-0.25, -0.2) is 4.98 Å². The lowest BCUT2D eigenvalue weighted by Gasteiger charge is -2.31. The highest BCUT2D eigenvalue weighted by atomic mass is 16.5. The highest BCUT2D eigenvalue weighted by Crippen LogP contribution is 2.34. The molecule has 1 N–H and O–H groups in total. The van der Waals surface area contributed by atoms with Crippen molar-refractivity contribution in [2.75, 3.05) is 5.32 Å². The first-order valence-electron chi connectivity index (χ1n) is 5.72. The maximum absolute atomic E-state index is 11.8. The Kier molecular flexibility index (Phi) is 2.42. The summed E-state index contributed by atoms with van der Waals surface area (Å²) in [7, 11) is 0. The molecule has 0 radical (unpaired) electrons. The smallest absolute Gasteiger partial charge is 0.269 e. The number of aromatic nitrogens is 1. The van der Waals surface area contributed by atoms with Crippen LogP contribution in [-0.4, -0.2) is 16.5 Å². The second-order valence-electron chi connectivity index (χ2n) is 5.86. The summed E-state index contributed by atoms with van der Waals surface area (Å²) in [5.74, 6) is 0.980. The molecule has 17 heavy (non-hydrogen) atoms. The van der Waals surface area contributed by atoms with Crippen LogP contribution in [0.15, 0.2) is 12.1 Å². The quantitative estimate of drug-likeness (QED) is 0.750. The van der Waals surface area contributed by atoms with E-state index in [2.05, 4.69) is 31.1 Å². The summed E-state index contributed by atoms with van der Waals surface area (Å²) < 4.78 is 5.62. The molecule has 0 fully saturated rings. The lowest BCUT2D eigenvalue weighted by molar-refractivity contribution is -0.129. The van der Waals surface area contributed by atoms with Crippen LogP contribution in [0.4, 0.5) is 5.82 Å². The van der Waals surface area contributed by atoms with Crippen LogP contribution in [-0.2, 0) is 10.2 Å². The van der Waals surface area contributed by atoms with Crippen molar-refractivity contribution in [2.45, 2.75) is 45.6 Å². The summed E-state index contributed by atoms with van der Waals surface area (Å²) in [5, 5.41) is 2.79. The number of anilines is 1. The zero-order chi connectivity index (χ0) is 12.8. The zero-order valence-corrected chi connectivity index (χ0v) is 10.9. The Balaban J connectivity index is 2.43. The van der Waals surface area contributed by atoms with Gasteiger partial charge in [0.05, 0.1) is 0 Å². The van der Waals surface area contributed by atoms with E-state index in [0.717, 1.165) is 5.69 Å². The van der Waals surface area contributed by atoms with E-state index in [1.54, 1.807) is 13.8 Å². The Morgan fingerprint density at radius 3 is 2.53 bits per heavy atom. The second kappa shape index (κ2) is 3.45. The Morgan fingerprint density at radius 2 is 1.94 bits per heavy atom. The molecule has 0 saturated carbocycles. The number of carbonyl (C=O) groups is 1. The summed E-state index contributed by atoms with van der Waals surface area (Å²) >= 11 is 0. The van der Waals surface area contributed by atoms with Crippen LogP contribution in [0.5, 0.6) is 5.75 Å². The fraction of sp³-hybridized carbons (Fsp3) is 0.538. The topological polar surface area (TPSA) is 51.2 Å². The van der Waals surface area contributed by atoms with E-state index in [9.17, 15) is 4.79 Å². The van der Waals surface area contributed by atoms with E-state index >= 15 is 0 Å². The van der Waals surface area contributed by atoms with Gasteiger partial charge in [0.15, 0.2) is 17.2 Å². The predicted molar refractivity (Wildman–Crippen MR) is 66.3 cm³/mol. The van der Waals surface area contributed by atoms with Crippen LogP contribution in [0.25, 0.3) is 0 Å². The Bertz CT molecular complexity index is 473.